The van der Waals surface area contributed by atoms with Crippen molar-refractivity contribution >= 4 is 6.29 Å². The normalized spacial score (nSPS) is 13.5. The summed E-state index contributed by atoms with van der Waals surface area (Å²) in [7, 11) is 0. The summed E-state index contributed by atoms with van der Waals surface area (Å²) in [4.78, 5) is 10.4. The predicted molar refractivity (Wildman–Crippen MR) is 47.3 cm³/mol. The summed E-state index contributed by atoms with van der Waals surface area (Å²) in [5.74, 6) is 0.405. The van der Waals surface area contributed by atoms with Gasteiger partial charge in [-0.2, -0.15) is 0 Å². The van der Waals surface area contributed by atoms with Crippen LogP contribution in [0, 0.1) is 5.92 Å². The van der Waals surface area contributed by atoms with Crippen LogP contribution >= 0.6 is 0 Å². The average molecular weight is 157 g/mol. The summed E-state index contributed by atoms with van der Waals surface area (Å²) < 4.78 is 0. The Morgan fingerprint density at radius 1 is 1.27 bits per heavy atom. The monoisotopic (exact) mass is 157 g/mol. The van der Waals surface area contributed by atoms with Crippen LogP contribution < -0.4 is 5.73 Å². The molecule has 66 valence electrons. The lowest BCUT2D eigenvalue weighted by molar-refractivity contribution is -0.110. The first kappa shape index (κ1) is 10.6. The molecule has 0 rings (SSSR count). The second-order valence-electron chi connectivity index (χ2n) is 3.05. The van der Waals surface area contributed by atoms with Gasteiger partial charge in [0.15, 0.2) is 0 Å². The number of carbonyl (C=O) groups excluding carboxylic acids is 1. The second-order valence-corrected chi connectivity index (χ2v) is 3.05. The summed E-state index contributed by atoms with van der Waals surface area (Å²) in [6.45, 7) is 4.25. The van der Waals surface area contributed by atoms with E-state index < -0.39 is 0 Å². The average Bonchev–Trinajstić information content (AvgIpc) is 2.03. The van der Waals surface area contributed by atoms with E-state index in [-0.39, 0.29) is 6.04 Å². The molecule has 2 heteroatoms. The van der Waals surface area contributed by atoms with Gasteiger partial charge in [-0.1, -0.05) is 26.7 Å². The molecule has 0 heterocycles. The molecule has 0 spiro atoms. The Bertz CT molecular complexity index is 97.7. The van der Waals surface area contributed by atoms with Gasteiger partial charge >= 0.3 is 0 Å². The number of hydrogen-bond donors (Lipinski definition) is 1. The molecule has 0 aliphatic heterocycles. The van der Waals surface area contributed by atoms with Crippen LogP contribution in [0.2, 0.25) is 0 Å². The van der Waals surface area contributed by atoms with Crippen molar-refractivity contribution in [2.24, 2.45) is 11.7 Å². The van der Waals surface area contributed by atoms with Gasteiger partial charge in [-0.15, -0.1) is 0 Å². The van der Waals surface area contributed by atoms with Gasteiger partial charge < -0.3 is 10.5 Å². The van der Waals surface area contributed by atoms with Gasteiger partial charge in [0.25, 0.3) is 0 Å². The Morgan fingerprint density at radius 2 is 1.73 bits per heavy atom. The van der Waals surface area contributed by atoms with E-state index in [1.165, 1.54) is 0 Å². The Morgan fingerprint density at radius 3 is 2.00 bits per heavy atom. The highest BCUT2D eigenvalue weighted by Crippen LogP contribution is 2.15. The minimum atomic E-state index is -0.241. The van der Waals surface area contributed by atoms with E-state index in [0.717, 1.165) is 32.0 Å². The molecule has 1 atom stereocenters. The Hall–Kier alpha value is -0.370. The Balaban J connectivity index is 3.75. The molecule has 0 bridgehead atoms. The molecule has 0 aliphatic carbocycles. The fraction of sp³-hybridized carbons (Fsp3) is 0.889. The van der Waals surface area contributed by atoms with Crippen LogP contribution in [0.4, 0.5) is 0 Å². The van der Waals surface area contributed by atoms with Crippen molar-refractivity contribution in [3.63, 3.8) is 0 Å². The van der Waals surface area contributed by atoms with Gasteiger partial charge in [0.2, 0.25) is 0 Å². The van der Waals surface area contributed by atoms with Gasteiger partial charge in [0.05, 0.1) is 6.04 Å². The van der Waals surface area contributed by atoms with E-state index in [4.69, 9.17) is 5.73 Å². The minimum absolute atomic E-state index is 0.241. The fourth-order valence-corrected chi connectivity index (χ4v) is 1.38. The zero-order valence-corrected chi connectivity index (χ0v) is 7.55. The molecule has 0 aliphatic rings. The fourth-order valence-electron chi connectivity index (χ4n) is 1.38. The first-order chi connectivity index (χ1) is 5.26. The molecule has 0 aromatic rings. The predicted octanol–water partition coefficient (Wildman–Crippen LogP) is 1.73. The topological polar surface area (TPSA) is 43.1 Å². The highest BCUT2D eigenvalue weighted by Gasteiger charge is 2.14. The zero-order valence-electron chi connectivity index (χ0n) is 7.55. The second kappa shape index (κ2) is 6.35. The van der Waals surface area contributed by atoms with Gasteiger partial charge in [-0.05, 0) is 18.8 Å². The van der Waals surface area contributed by atoms with Crippen molar-refractivity contribution in [3.8, 4) is 0 Å². The number of carbonyl (C=O) groups is 1. The summed E-state index contributed by atoms with van der Waals surface area (Å²) >= 11 is 0. The molecule has 1 unspecified atom stereocenters. The summed E-state index contributed by atoms with van der Waals surface area (Å²) in [5.41, 5.74) is 5.62. The van der Waals surface area contributed by atoms with E-state index in [2.05, 4.69) is 13.8 Å². The van der Waals surface area contributed by atoms with Crippen molar-refractivity contribution in [1.82, 2.24) is 0 Å². The molecule has 0 saturated carbocycles. The quantitative estimate of drug-likeness (QED) is 0.597. The number of nitrogens with two attached hydrogens (primary N) is 1. The van der Waals surface area contributed by atoms with Gasteiger partial charge in [-0.3, -0.25) is 0 Å². The molecule has 2 nitrogen and oxygen atoms in total. The molecule has 0 amide bonds. The molecule has 11 heavy (non-hydrogen) atoms. The summed E-state index contributed by atoms with van der Waals surface area (Å²) in [5, 5.41) is 0. The van der Waals surface area contributed by atoms with Crippen LogP contribution in [0.3, 0.4) is 0 Å². The maximum absolute atomic E-state index is 10.4. The first-order valence-electron chi connectivity index (χ1n) is 4.47. The maximum atomic E-state index is 10.4. The highest BCUT2D eigenvalue weighted by molar-refractivity contribution is 5.57. The van der Waals surface area contributed by atoms with Gasteiger partial charge in [0.1, 0.15) is 6.29 Å². The largest absolute Gasteiger partial charge is 0.322 e. The third-order valence-corrected chi connectivity index (χ3v) is 2.02. The molecule has 2 N–H and O–H groups in total. The standard InChI is InChI=1S/C9H19NO/c1-3-5-8(6-4-2)9(10)7-11/h7-9H,3-6,10H2,1-2H3. The Kier molecular flexibility index (Phi) is 6.13. The third-order valence-electron chi connectivity index (χ3n) is 2.02. The van der Waals surface area contributed by atoms with Gasteiger partial charge in [-0.25, -0.2) is 0 Å². The summed E-state index contributed by atoms with van der Waals surface area (Å²) in [6, 6.07) is -0.241. The van der Waals surface area contributed by atoms with Crippen LogP contribution in [-0.2, 0) is 4.79 Å². The van der Waals surface area contributed by atoms with Gasteiger partial charge in [0, 0.05) is 0 Å². The molecule has 0 saturated heterocycles. The summed E-state index contributed by atoms with van der Waals surface area (Å²) in [6.07, 6.45) is 5.26. The van der Waals surface area contributed by atoms with E-state index in [1.807, 2.05) is 0 Å². The molecule has 0 radical (unpaired) electrons. The Labute approximate surface area is 69.2 Å². The molecular weight excluding hydrogens is 138 g/mol. The molecule has 0 aromatic heterocycles. The van der Waals surface area contributed by atoms with Crippen molar-refractivity contribution in [2.45, 2.75) is 45.6 Å². The van der Waals surface area contributed by atoms with E-state index in [9.17, 15) is 4.79 Å². The van der Waals surface area contributed by atoms with Crippen molar-refractivity contribution < 1.29 is 4.79 Å². The lowest BCUT2D eigenvalue weighted by atomic mass is 9.92. The van der Waals surface area contributed by atoms with E-state index in [1.54, 1.807) is 0 Å². The third kappa shape index (κ3) is 4.14. The van der Waals surface area contributed by atoms with Crippen molar-refractivity contribution in [2.75, 3.05) is 0 Å². The molecular formula is C9H19NO. The lowest BCUT2D eigenvalue weighted by Crippen LogP contribution is -2.31. The van der Waals surface area contributed by atoms with Crippen LogP contribution in [0.15, 0.2) is 0 Å². The maximum Gasteiger partial charge on any atom is 0.136 e. The zero-order chi connectivity index (χ0) is 8.69. The number of rotatable bonds is 6. The number of hydrogen-bond acceptors (Lipinski definition) is 2. The lowest BCUT2D eigenvalue weighted by Gasteiger charge is -2.17. The van der Waals surface area contributed by atoms with Crippen molar-refractivity contribution in [3.05, 3.63) is 0 Å². The first-order valence-corrected chi connectivity index (χ1v) is 4.47. The van der Waals surface area contributed by atoms with Crippen LogP contribution in [0.1, 0.15) is 39.5 Å². The molecule has 0 aromatic carbocycles. The smallest absolute Gasteiger partial charge is 0.136 e. The SMILES string of the molecule is CCCC(CCC)C(N)C=O. The highest BCUT2D eigenvalue weighted by atomic mass is 16.1. The minimum Gasteiger partial charge on any atom is -0.322 e. The van der Waals surface area contributed by atoms with Crippen LogP contribution in [-0.4, -0.2) is 12.3 Å². The van der Waals surface area contributed by atoms with E-state index >= 15 is 0 Å². The van der Waals surface area contributed by atoms with E-state index in [0.29, 0.717) is 5.92 Å². The number of aldehydes is 1. The van der Waals surface area contributed by atoms with Crippen molar-refractivity contribution in [1.29, 1.82) is 0 Å². The van der Waals surface area contributed by atoms with Crippen LogP contribution in [0.25, 0.3) is 0 Å². The van der Waals surface area contributed by atoms with Crippen LogP contribution in [0.5, 0.6) is 0 Å². The molecule has 0 fully saturated rings.